The molecule has 0 aliphatic carbocycles. The minimum absolute atomic E-state index is 0.571. The molecule has 18 heavy (non-hydrogen) atoms. The van der Waals surface area contributed by atoms with Gasteiger partial charge < -0.3 is 4.74 Å². The van der Waals surface area contributed by atoms with Crippen LogP contribution in [0.25, 0.3) is 0 Å². The van der Waals surface area contributed by atoms with Gasteiger partial charge >= 0.3 is 0 Å². The van der Waals surface area contributed by atoms with Crippen LogP contribution >= 0.6 is 0 Å². The lowest BCUT2D eigenvalue weighted by atomic mass is 9.91. The van der Waals surface area contributed by atoms with Gasteiger partial charge in [-0.25, -0.2) is 0 Å². The zero-order valence-corrected chi connectivity index (χ0v) is 12.4. The van der Waals surface area contributed by atoms with E-state index in [1.807, 2.05) is 6.92 Å². The van der Waals surface area contributed by atoms with E-state index in [1.54, 1.807) is 0 Å². The SMILES string of the molecule is CC/C=C\CC(C)c1cc(C)c(OCC)cc1C. The van der Waals surface area contributed by atoms with Crippen molar-refractivity contribution in [2.24, 2.45) is 0 Å². The first-order chi connectivity index (χ1) is 8.60. The maximum absolute atomic E-state index is 5.64. The van der Waals surface area contributed by atoms with Crippen molar-refractivity contribution >= 4 is 0 Å². The van der Waals surface area contributed by atoms with E-state index in [2.05, 4.69) is 52.0 Å². The summed E-state index contributed by atoms with van der Waals surface area (Å²) in [5.74, 6) is 1.59. The number of hydrogen-bond acceptors (Lipinski definition) is 1. The molecule has 0 heterocycles. The van der Waals surface area contributed by atoms with Crippen LogP contribution in [0.15, 0.2) is 24.3 Å². The molecule has 0 radical (unpaired) electrons. The number of allylic oxidation sites excluding steroid dienone is 2. The molecule has 0 N–H and O–H groups in total. The van der Waals surface area contributed by atoms with Gasteiger partial charge in [-0.15, -0.1) is 0 Å². The molecule has 0 amide bonds. The van der Waals surface area contributed by atoms with E-state index in [-0.39, 0.29) is 0 Å². The van der Waals surface area contributed by atoms with Crippen molar-refractivity contribution in [1.29, 1.82) is 0 Å². The van der Waals surface area contributed by atoms with Crippen LogP contribution < -0.4 is 4.74 Å². The Kier molecular flexibility index (Phi) is 5.97. The molecular formula is C17H26O. The maximum atomic E-state index is 5.64. The molecule has 1 nitrogen and oxygen atoms in total. The molecule has 0 bridgehead atoms. The Balaban J connectivity index is 2.89. The van der Waals surface area contributed by atoms with Crippen LogP contribution in [0.2, 0.25) is 0 Å². The lowest BCUT2D eigenvalue weighted by Gasteiger charge is -2.16. The van der Waals surface area contributed by atoms with Crippen molar-refractivity contribution in [2.45, 2.75) is 53.4 Å². The van der Waals surface area contributed by atoms with E-state index < -0.39 is 0 Å². The van der Waals surface area contributed by atoms with Crippen molar-refractivity contribution in [3.8, 4) is 5.75 Å². The van der Waals surface area contributed by atoms with Crippen LogP contribution in [-0.2, 0) is 0 Å². The normalized spacial score (nSPS) is 12.9. The Morgan fingerprint density at radius 2 is 1.83 bits per heavy atom. The molecule has 1 aromatic carbocycles. The molecule has 0 spiro atoms. The van der Waals surface area contributed by atoms with E-state index in [4.69, 9.17) is 4.74 Å². The smallest absolute Gasteiger partial charge is 0.122 e. The zero-order valence-electron chi connectivity index (χ0n) is 12.4. The Hall–Kier alpha value is -1.24. The molecule has 0 saturated heterocycles. The van der Waals surface area contributed by atoms with Crippen LogP contribution in [0.5, 0.6) is 5.75 Å². The van der Waals surface area contributed by atoms with Gasteiger partial charge in [0.15, 0.2) is 0 Å². The first-order valence-electron chi connectivity index (χ1n) is 6.99. The second-order valence-corrected chi connectivity index (χ2v) is 4.92. The zero-order chi connectivity index (χ0) is 13.5. The third-order valence-corrected chi connectivity index (χ3v) is 3.29. The Labute approximate surface area is 112 Å². The molecule has 0 saturated carbocycles. The number of ether oxygens (including phenoxy) is 1. The minimum Gasteiger partial charge on any atom is -0.494 e. The number of rotatable bonds is 6. The van der Waals surface area contributed by atoms with Gasteiger partial charge in [0.1, 0.15) is 5.75 Å². The highest BCUT2D eigenvalue weighted by Gasteiger charge is 2.10. The van der Waals surface area contributed by atoms with E-state index in [1.165, 1.54) is 16.7 Å². The summed E-state index contributed by atoms with van der Waals surface area (Å²) >= 11 is 0. The third-order valence-electron chi connectivity index (χ3n) is 3.29. The fourth-order valence-corrected chi connectivity index (χ4v) is 2.25. The van der Waals surface area contributed by atoms with Crippen molar-refractivity contribution in [3.63, 3.8) is 0 Å². The van der Waals surface area contributed by atoms with Crippen molar-refractivity contribution < 1.29 is 4.74 Å². The van der Waals surface area contributed by atoms with Crippen LogP contribution in [0.1, 0.15) is 56.2 Å². The summed E-state index contributed by atoms with van der Waals surface area (Å²) in [5.41, 5.74) is 4.02. The van der Waals surface area contributed by atoms with Gasteiger partial charge in [-0.1, -0.05) is 32.1 Å². The van der Waals surface area contributed by atoms with E-state index in [0.717, 1.165) is 25.2 Å². The molecule has 0 aromatic heterocycles. The summed E-state index contributed by atoms with van der Waals surface area (Å²) in [6.45, 7) is 11.5. The molecule has 1 atom stereocenters. The van der Waals surface area contributed by atoms with Crippen molar-refractivity contribution in [2.75, 3.05) is 6.61 Å². The monoisotopic (exact) mass is 246 g/mol. The van der Waals surface area contributed by atoms with Crippen LogP contribution in [-0.4, -0.2) is 6.61 Å². The van der Waals surface area contributed by atoms with Crippen molar-refractivity contribution in [1.82, 2.24) is 0 Å². The Bertz CT molecular complexity index is 404. The van der Waals surface area contributed by atoms with Crippen LogP contribution in [0, 0.1) is 13.8 Å². The molecule has 100 valence electrons. The highest BCUT2D eigenvalue weighted by atomic mass is 16.5. The van der Waals surface area contributed by atoms with Crippen LogP contribution in [0.4, 0.5) is 0 Å². The van der Waals surface area contributed by atoms with E-state index in [0.29, 0.717) is 5.92 Å². The van der Waals surface area contributed by atoms with Crippen LogP contribution in [0.3, 0.4) is 0 Å². The number of benzene rings is 1. The quantitative estimate of drug-likeness (QED) is 0.630. The average molecular weight is 246 g/mol. The number of aryl methyl sites for hydroxylation is 2. The van der Waals surface area contributed by atoms with Gasteiger partial charge in [-0.05, 0) is 62.3 Å². The summed E-state index contributed by atoms with van der Waals surface area (Å²) in [6.07, 6.45) is 6.76. The highest BCUT2D eigenvalue weighted by Crippen LogP contribution is 2.29. The van der Waals surface area contributed by atoms with Gasteiger partial charge in [0.05, 0.1) is 6.61 Å². The fraction of sp³-hybridized carbons (Fsp3) is 0.529. The highest BCUT2D eigenvalue weighted by molar-refractivity contribution is 5.43. The molecule has 1 heteroatoms. The maximum Gasteiger partial charge on any atom is 0.122 e. The lowest BCUT2D eigenvalue weighted by molar-refractivity contribution is 0.337. The largest absolute Gasteiger partial charge is 0.494 e. The molecule has 1 unspecified atom stereocenters. The summed E-state index contributed by atoms with van der Waals surface area (Å²) < 4.78 is 5.64. The first kappa shape index (κ1) is 14.8. The van der Waals surface area contributed by atoms with Gasteiger partial charge in [-0.2, -0.15) is 0 Å². The topological polar surface area (TPSA) is 9.23 Å². The molecule has 0 aliphatic rings. The second-order valence-electron chi connectivity index (χ2n) is 4.92. The minimum atomic E-state index is 0.571. The predicted octanol–water partition coefficient (Wildman–Crippen LogP) is 5.16. The van der Waals surface area contributed by atoms with Gasteiger partial charge in [0.25, 0.3) is 0 Å². The second kappa shape index (κ2) is 7.25. The van der Waals surface area contributed by atoms with Gasteiger partial charge in [0, 0.05) is 0 Å². The molecule has 0 fully saturated rings. The summed E-state index contributed by atoms with van der Waals surface area (Å²) in [4.78, 5) is 0. The number of hydrogen-bond donors (Lipinski definition) is 0. The molecule has 1 aromatic rings. The predicted molar refractivity (Wildman–Crippen MR) is 79.5 cm³/mol. The third kappa shape index (κ3) is 3.90. The summed E-state index contributed by atoms with van der Waals surface area (Å²) in [6, 6.07) is 4.46. The summed E-state index contributed by atoms with van der Waals surface area (Å²) in [7, 11) is 0. The average Bonchev–Trinajstić information content (AvgIpc) is 2.34. The molecule has 1 rings (SSSR count). The Morgan fingerprint density at radius 3 is 2.44 bits per heavy atom. The van der Waals surface area contributed by atoms with E-state index >= 15 is 0 Å². The fourth-order valence-electron chi connectivity index (χ4n) is 2.25. The first-order valence-corrected chi connectivity index (χ1v) is 6.99. The van der Waals surface area contributed by atoms with E-state index in [9.17, 15) is 0 Å². The van der Waals surface area contributed by atoms with Gasteiger partial charge in [0.2, 0.25) is 0 Å². The molecular weight excluding hydrogens is 220 g/mol. The summed E-state index contributed by atoms with van der Waals surface area (Å²) in [5, 5.41) is 0. The standard InChI is InChI=1S/C17H26O/c1-6-8-9-10-13(3)16-11-15(5)17(18-7-2)12-14(16)4/h8-9,11-13H,6-7,10H2,1-5H3/b9-8-. The van der Waals surface area contributed by atoms with Crippen molar-refractivity contribution in [3.05, 3.63) is 41.0 Å². The molecule has 0 aliphatic heterocycles. The lowest BCUT2D eigenvalue weighted by Crippen LogP contribution is -2.00. The Morgan fingerprint density at radius 1 is 1.11 bits per heavy atom. The van der Waals surface area contributed by atoms with Gasteiger partial charge in [-0.3, -0.25) is 0 Å².